The fourth-order valence-corrected chi connectivity index (χ4v) is 1.72. The molecule has 0 aliphatic heterocycles. The maximum absolute atomic E-state index is 12.3. The number of aromatic amines is 1. The number of rotatable bonds is 3. The molecule has 2 aromatic rings. The Kier molecular flexibility index (Phi) is 3.60. The molecule has 1 aromatic carbocycles. The molecule has 0 spiro atoms. The molecule has 1 heterocycles. The molecule has 0 saturated carbocycles. The quantitative estimate of drug-likeness (QED) is 0.881. The highest BCUT2D eigenvalue weighted by molar-refractivity contribution is 5.88. The van der Waals surface area contributed by atoms with Crippen molar-refractivity contribution in [1.82, 2.24) is 4.98 Å². The van der Waals surface area contributed by atoms with Crippen LogP contribution < -0.4 is 10.3 Å². The highest BCUT2D eigenvalue weighted by atomic mass is 19.4. The smallest absolute Gasteiger partial charge is 0.405 e. The van der Waals surface area contributed by atoms with Crippen LogP contribution in [0.4, 0.5) is 13.2 Å². The molecule has 0 atom stereocenters. The van der Waals surface area contributed by atoms with E-state index in [2.05, 4.69) is 9.72 Å². The second-order valence-electron chi connectivity index (χ2n) is 3.83. The summed E-state index contributed by atoms with van der Waals surface area (Å²) in [5, 5.41) is 0. The van der Waals surface area contributed by atoms with Gasteiger partial charge in [-0.05, 0) is 6.07 Å². The van der Waals surface area contributed by atoms with E-state index < -0.39 is 17.7 Å². The van der Waals surface area contributed by atoms with Crippen LogP contribution >= 0.6 is 0 Å². The summed E-state index contributed by atoms with van der Waals surface area (Å²) in [6.45, 7) is 0. The molecule has 0 aliphatic carbocycles. The molecule has 1 N–H and O–H groups in total. The molecule has 0 fully saturated rings. The Morgan fingerprint density at radius 1 is 1.15 bits per heavy atom. The van der Waals surface area contributed by atoms with Crippen LogP contribution in [0, 0.1) is 0 Å². The van der Waals surface area contributed by atoms with Crippen LogP contribution in [0.3, 0.4) is 0 Å². The predicted octanol–water partition coefficient (Wildman–Crippen LogP) is 2.75. The highest BCUT2D eigenvalue weighted by Crippen LogP contribution is 2.34. The van der Waals surface area contributed by atoms with E-state index in [9.17, 15) is 22.8 Å². The van der Waals surface area contributed by atoms with Crippen LogP contribution in [0.25, 0.3) is 11.1 Å². The number of nitrogens with one attached hydrogen (secondary N) is 1. The van der Waals surface area contributed by atoms with Crippen molar-refractivity contribution in [1.29, 1.82) is 0 Å². The summed E-state index contributed by atoms with van der Waals surface area (Å²) in [4.78, 5) is 24.4. The van der Waals surface area contributed by atoms with E-state index in [0.29, 0.717) is 6.29 Å². The Labute approximate surface area is 110 Å². The minimum absolute atomic E-state index is 0.0213. The third-order valence-electron chi connectivity index (χ3n) is 2.49. The van der Waals surface area contributed by atoms with Gasteiger partial charge in [-0.3, -0.25) is 9.59 Å². The van der Waals surface area contributed by atoms with Crippen molar-refractivity contribution in [3.8, 4) is 16.9 Å². The number of carbonyl (C=O) groups is 1. The number of alkyl halides is 3. The molecule has 7 heteroatoms. The molecular formula is C13H8F3NO3. The minimum Gasteiger partial charge on any atom is -0.405 e. The largest absolute Gasteiger partial charge is 0.573 e. The fourth-order valence-electron chi connectivity index (χ4n) is 1.72. The number of ether oxygens (including phenoxy) is 1. The van der Waals surface area contributed by atoms with E-state index in [4.69, 9.17) is 0 Å². The van der Waals surface area contributed by atoms with Crippen molar-refractivity contribution in [3.63, 3.8) is 0 Å². The van der Waals surface area contributed by atoms with Crippen molar-refractivity contribution in [3.05, 3.63) is 52.4 Å². The summed E-state index contributed by atoms with van der Waals surface area (Å²) in [5.41, 5.74) is -0.334. The van der Waals surface area contributed by atoms with Gasteiger partial charge in [0.15, 0.2) is 6.29 Å². The topological polar surface area (TPSA) is 59.2 Å². The van der Waals surface area contributed by atoms with Crippen molar-refractivity contribution < 1.29 is 22.7 Å². The summed E-state index contributed by atoms with van der Waals surface area (Å²) in [6.07, 6.45) is -3.28. The summed E-state index contributed by atoms with van der Waals surface area (Å²) in [6, 6.07) is 6.37. The average molecular weight is 283 g/mol. The summed E-state index contributed by atoms with van der Waals surface area (Å²) in [5.74, 6) is -0.449. The van der Waals surface area contributed by atoms with Gasteiger partial charge in [-0.1, -0.05) is 18.2 Å². The van der Waals surface area contributed by atoms with Crippen LogP contribution in [0.1, 0.15) is 10.4 Å². The molecule has 0 amide bonds. The second kappa shape index (κ2) is 5.20. The van der Waals surface area contributed by atoms with Crippen LogP contribution in [0.15, 0.2) is 41.3 Å². The molecule has 4 nitrogen and oxygen atoms in total. The number of halogens is 3. The van der Waals surface area contributed by atoms with E-state index in [1.807, 2.05) is 0 Å². The number of para-hydroxylation sites is 1. The van der Waals surface area contributed by atoms with Crippen LogP contribution in [0.2, 0.25) is 0 Å². The molecule has 20 heavy (non-hydrogen) atoms. The normalized spacial score (nSPS) is 11.2. The maximum Gasteiger partial charge on any atom is 0.573 e. The van der Waals surface area contributed by atoms with Gasteiger partial charge in [-0.15, -0.1) is 13.2 Å². The van der Waals surface area contributed by atoms with Gasteiger partial charge in [0.25, 0.3) is 0 Å². The lowest BCUT2D eigenvalue weighted by Gasteiger charge is -2.13. The zero-order valence-corrected chi connectivity index (χ0v) is 9.90. The van der Waals surface area contributed by atoms with Crippen LogP contribution in [-0.4, -0.2) is 17.6 Å². The van der Waals surface area contributed by atoms with Gasteiger partial charge in [0, 0.05) is 29.0 Å². The van der Waals surface area contributed by atoms with Gasteiger partial charge in [-0.25, -0.2) is 0 Å². The van der Waals surface area contributed by atoms with E-state index in [0.717, 1.165) is 12.1 Å². The SMILES string of the molecule is O=Cc1cc(=O)[nH]cc1-c1ccccc1OC(F)(F)F. The highest BCUT2D eigenvalue weighted by Gasteiger charge is 2.32. The Morgan fingerprint density at radius 2 is 1.85 bits per heavy atom. The van der Waals surface area contributed by atoms with Gasteiger partial charge in [0.2, 0.25) is 5.56 Å². The molecule has 1 aromatic heterocycles. The van der Waals surface area contributed by atoms with E-state index in [1.165, 1.54) is 24.4 Å². The molecular weight excluding hydrogens is 275 g/mol. The molecule has 0 bridgehead atoms. The van der Waals surface area contributed by atoms with Gasteiger partial charge < -0.3 is 9.72 Å². The molecule has 0 saturated heterocycles. The van der Waals surface area contributed by atoms with E-state index in [1.54, 1.807) is 0 Å². The Hall–Kier alpha value is -2.57. The minimum atomic E-state index is -4.85. The number of benzene rings is 1. The van der Waals surface area contributed by atoms with Gasteiger partial charge in [-0.2, -0.15) is 0 Å². The molecule has 104 valence electrons. The van der Waals surface area contributed by atoms with Gasteiger partial charge >= 0.3 is 6.36 Å². The zero-order chi connectivity index (χ0) is 14.8. The van der Waals surface area contributed by atoms with Crippen molar-refractivity contribution >= 4 is 6.29 Å². The maximum atomic E-state index is 12.3. The molecule has 0 aliphatic rings. The first-order chi connectivity index (χ1) is 9.40. The van der Waals surface area contributed by atoms with Crippen molar-refractivity contribution in [2.45, 2.75) is 6.36 Å². The third kappa shape index (κ3) is 3.05. The first-order valence-electron chi connectivity index (χ1n) is 5.44. The third-order valence-corrected chi connectivity index (χ3v) is 2.49. The first kappa shape index (κ1) is 13.9. The number of aldehydes is 1. The number of hydrogen-bond donors (Lipinski definition) is 1. The second-order valence-corrected chi connectivity index (χ2v) is 3.83. The molecule has 2 rings (SSSR count). The van der Waals surface area contributed by atoms with Crippen LogP contribution in [-0.2, 0) is 0 Å². The van der Waals surface area contributed by atoms with E-state index >= 15 is 0 Å². The van der Waals surface area contributed by atoms with Crippen molar-refractivity contribution in [2.75, 3.05) is 0 Å². The number of carbonyl (C=O) groups excluding carboxylic acids is 1. The molecule has 0 unspecified atom stereocenters. The first-order valence-corrected chi connectivity index (χ1v) is 5.44. The lowest BCUT2D eigenvalue weighted by atomic mass is 10.0. The summed E-state index contributed by atoms with van der Waals surface area (Å²) >= 11 is 0. The number of pyridine rings is 1. The summed E-state index contributed by atoms with van der Waals surface area (Å²) < 4.78 is 40.9. The fraction of sp³-hybridized carbons (Fsp3) is 0.0769. The lowest BCUT2D eigenvalue weighted by molar-refractivity contribution is -0.274. The Bertz CT molecular complexity index is 692. The van der Waals surface area contributed by atoms with Gasteiger partial charge in [0.05, 0.1) is 0 Å². The number of hydrogen-bond acceptors (Lipinski definition) is 3. The number of aromatic nitrogens is 1. The summed E-state index contributed by atoms with van der Waals surface area (Å²) in [7, 11) is 0. The lowest BCUT2D eigenvalue weighted by Crippen LogP contribution is -2.17. The predicted molar refractivity (Wildman–Crippen MR) is 64.6 cm³/mol. The zero-order valence-electron chi connectivity index (χ0n) is 9.90. The number of H-pyrrole nitrogens is 1. The Balaban J connectivity index is 2.59. The molecule has 0 radical (unpaired) electrons. The Morgan fingerprint density at radius 3 is 2.50 bits per heavy atom. The van der Waals surface area contributed by atoms with Crippen LogP contribution in [0.5, 0.6) is 5.75 Å². The van der Waals surface area contributed by atoms with Crippen molar-refractivity contribution in [2.24, 2.45) is 0 Å². The van der Waals surface area contributed by atoms with Gasteiger partial charge in [0.1, 0.15) is 5.75 Å². The monoisotopic (exact) mass is 283 g/mol. The van der Waals surface area contributed by atoms with E-state index in [-0.39, 0.29) is 16.7 Å². The average Bonchev–Trinajstić information content (AvgIpc) is 2.38. The standard InChI is InChI=1S/C13H8F3NO3/c14-13(15,16)20-11-4-2-1-3-9(11)10-6-17-12(19)5-8(10)7-18/h1-7H,(H,17,19).